The lowest BCUT2D eigenvalue weighted by Gasteiger charge is -2.33. The van der Waals surface area contributed by atoms with Gasteiger partial charge in [0, 0.05) is 37.3 Å². The van der Waals surface area contributed by atoms with Crippen LogP contribution in [0.4, 0.5) is 11.5 Å². The molecule has 0 bridgehead atoms. The molecule has 2 aliphatic heterocycles. The largest absolute Gasteiger partial charge is 0.356 e. The van der Waals surface area contributed by atoms with Gasteiger partial charge in [0.1, 0.15) is 5.82 Å². The number of pyridine rings is 1. The van der Waals surface area contributed by atoms with Crippen LogP contribution < -0.4 is 10.2 Å². The predicted octanol–water partition coefficient (Wildman–Crippen LogP) is 4.44. The third kappa shape index (κ3) is 5.04. The summed E-state index contributed by atoms with van der Waals surface area (Å²) in [6.45, 7) is 4.74. The second-order valence-corrected chi connectivity index (χ2v) is 11.4. The Morgan fingerprint density at radius 3 is 2.51 bits per heavy atom. The Morgan fingerprint density at radius 1 is 1.00 bits per heavy atom. The molecule has 1 amide bonds. The molecule has 1 unspecified atom stereocenters. The molecule has 3 aromatic rings. The Kier molecular flexibility index (Phi) is 6.75. The van der Waals surface area contributed by atoms with Crippen molar-refractivity contribution < 1.29 is 13.2 Å². The second-order valence-electron chi connectivity index (χ2n) is 9.46. The van der Waals surface area contributed by atoms with Gasteiger partial charge in [0.25, 0.3) is 0 Å². The number of aryl methyl sites for hydroxylation is 1. The smallest absolute Gasteiger partial charge is 0.243 e. The van der Waals surface area contributed by atoms with Gasteiger partial charge in [-0.25, -0.2) is 13.4 Å². The number of anilines is 2. The molecule has 3 heterocycles. The van der Waals surface area contributed by atoms with Gasteiger partial charge in [-0.1, -0.05) is 19.1 Å². The minimum absolute atomic E-state index is 0.0384. The quantitative estimate of drug-likeness (QED) is 0.550. The average Bonchev–Trinajstić information content (AvgIpc) is 3.45. The third-order valence-corrected chi connectivity index (χ3v) is 8.99. The number of sulfonamides is 1. The molecule has 0 saturated carbocycles. The van der Waals surface area contributed by atoms with Crippen LogP contribution in [0.2, 0.25) is 0 Å². The van der Waals surface area contributed by atoms with Crippen LogP contribution in [-0.2, 0) is 21.2 Å². The summed E-state index contributed by atoms with van der Waals surface area (Å²) in [5.41, 5.74) is 2.83. The van der Waals surface area contributed by atoms with Gasteiger partial charge in [0.2, 0.25) is 15.9 Å². The van der Waals surface area contributed by atoms with Gasteiger partial charge in [-0.05, 0) is 80.1 Å². The van der Waals surface area contributed by atoms with Crippen molar-refractivity contribution in [3.8, 4) is 0 Å². The van der Waals surface area contributed by atoms with Crippen LogP contribution in [0, 0.1) is 5.92 Å². The predicted molar refractivity (Wildman–Crippen MR) is 139 cm³/mol. The van der Waals surface area contributed by atoms with E-state index < -0.39 is 10.0 Å². The maximum absolute atomic E-state index is 12.9. The number of carbonyl (C=O) groups is 1. The number of nitrogens with one attached hydrogen (secondary N) is 1. The van der Waals surface area contributed by atoms with Crippen LogP contribution in [0.3, 0.4) is 0 Å². The van der Waals surface area contributed by atoms with Gasteiger partial charge in [0.05, 0.1) is 16.3 Å². The summed E-state index contributed by atoms with van der Waals surface area (Å²) in [5, 5.41) is 3.86. The Balaban J connectivity index is 1.29. The van der Waals surface area contributed by atoms with Gasteiger partial charge in [-0.3, -0.25) is 4.79 Å². The van der Waals surface area contributed by atoms with Crippen molar-refractivity contribution in [3.63, 3.8) is 0 Å². The molecule has 1 N–H and O–H groups in total. The minimum Gasteiger partial charge on any atom is -0.356 e. The van der Waals surface area contributed by atoms with Crippen LogP contribution in [0.15, 0.2) is 59.5 Å². The minimum atomic E-state index is -3.46. The molecule has 2 saturated heterocycles. The lowest BCUT2D eigenvalue weighted by molar-refractivity contribution is -0.120. The Bertz CT molecular complexity index is 1320. The van der Waals surface area contributed by atoms with Crippen LogP contribution in [0.25, 0.3) is 10.9 Å². The summed E-state index contributed by atoms with van der Waals surface area (Å²) in [5.74, 6) is 0.744. The second kappa shape index (κ2) is 9.95. The number of piperidine rings is 1. The van der Waals surface area contributed by atoms with Crippen molar-refractivity contribution in [2.75, 3.05) is 36.4 Å². The number of carbonyl (C=O) groups excluding carboxylic acids is 1. The first-order valence-corrected chi connectivity index (χ1v) is 13.9. The van der Waals surface area contributed by atoms with Crippen LogP contribution in [0.5, 0.6) is 0 Å². The van der Waals surface area contributed by atoms with Gasteiger partial charge in [-0.2, -0.15) is 4.31 Å². The van der Waals surface area contributed by atoms with Gasteiger partial charge < -0.3 is 10.2 Å². The molecule has 2 aromatic carbocycles. The van der Waals surface area contributed by atoms with E-state index >= 15 is 0 Å². The summed E-state index contributed by atoms with van der Waals surface area (Å²) in [6.07, 6.45) is 4.57. The van der Waals surface area contributed by atoms with E-state index in [-0.39, 0.29) is 11.8 Å². The van der Waals surface area contributed by atoms with E-state index in [1.54, 1.807) is 22.5 Å². The maximum Gasteiger partial charge on any atom is 0.243 e. The summed E-state index contributed by atoms with van der Waals surface area (Å²) < 4.78 is 27.4. The zero-order valence-corrected chi connectivity index (χ0v) is 20.9. The van der Waals surface area contributed by atoms with E-state index in [4.69, 9.17) is 4.98 Å². The summed E-state index contributed by atoms with van der Waals surface area (Å²) >= 11 is 0. The Labute approximate surface area is 207 Å². The molecule has 0 radical (unpaired) electrons. The number of benzene rings is 2. The standard InChI is InChI=1S/C27H32N4O3S/c1-2-20-7-10-23(11-8-20)28-27(32)22-6-5-15-30(19-22)26-14-9-21-18-24(12-13-25(21)29-26)35(33,34)31-16-3-4-17-31/h7-14,18,22H,2-6,15-17,19H2,1H3,(H,28,32). The first-order valence-electron chi connectivity index (χ1n) is 12.5. The summed E-state index contributed by atoms with van der Waals surface area (Å²) in [4.78, 5) is 20.2. The zero-order valence-electron chi connectivity index (χ0n) is 20.1. The molecule has 35 heavy (non-hydrogen) atoms. The molecule has 7 nitrogen and oxygen atoms in total. The fourth-order valence-corrected chi connectivity index (χ4v) is 6.53. The number of aromatic nitrogens is 1. The number of rotatable bonds is 6. The van der Waals surface area contributed by atoms with Crippen molar-refractivity contribution in [3.05, 3.63) is 60.2 Å². The maximum atomic E-state index is 12.9. The molecule has 184 valence electrons. The van der Waals surface area contributed by atoms with Crippen LogP contribution in [0.1, 0.15) is 38.2 Å². The number of hydrogen-bond acceptors (Lipinski definition) is 5. The number of hydrogen-bond donors (Lipinski definition) is 1. The molecule has 5 rings (SSSR count). The highest BCUT2D eigenvalue weighted by Gasteiger charge is 2.28. The van der Waals surface area contributed by atoms with E-state index in [1.807, 2.05) is 36.4 Å². The average molecular weight is 493 g/mol. The van der Waals surface area contributed by atoms with E-state index in [9.17, 15) is 13.2 Å². The fourth-order valence-electron chi connectivity index (χ4n) is 4.97. The van der Waals surface area contributed by atoms with E-state index in [0.29, 0.717) is 24.5 Å². The van der Waals surface area contributed by atoms with E-state index in [1.165, 1.54) is 5.56 Å². The molecule has 2 fully saturated rings. The molecule has 1 atom stereocenters. The van der Waals surface area contributed by atoms with Gasteiger partial charge >= 0.3 is 0 Å². The lowest BCUT2D eigenvalue weighted by Crippen LogP contribution is -2.41. The SMILES string of the molecule is CCc1ccc(NC(=O)C2CCCN(c3ccc4cc(S(=O)(=O)N5CCCC5)ccc4n3)C2)cc1. The lowest BCUT2D eigenvalue weighted by atomic mass is 9.97. The fraction of sp³-hybridized carbons (Fsp3) is 0.407. The van der Waals surface area contributed by atoms with Crippen molar-refractivity contribution in [2.45, 2.75) is 43.9 Å². The highest BCUT2D eigenvalue weighted by atomic mass is 32.2. The molecule has 2 aliphatic rings. The molecule has 8 heteroatoms. The zero-order chi connectivity index (χ0) is 24.4. The van der Waals surface area contributed by atoms with Crippen molar-refractivity contribution in [1.82, 2.24) is 9.29 Å². The normalized spacial score (nSPS) is 19.2. The third-order valence-electron chi connectivity index (χ3n) is 7.09. The molecule has 0 spiro atoms. The molecule has 0 aliphatic carbocycles. The van der Waals surface area contributed by atoms with Crippen molar-refractivity contribution in [2.24, 2.45) is 5.92 Å². The van der Waals surface area contributed by atoms with Crippen LogP contribution >= 0.6 is 0 Å². The monoisotopic (exact) mass is 492 g/mol. The van der Waals surface area contributed by atoms with Crippen molar-refractivity contribution >= 4 is 38.3 Å². The van der Waals surface area contributed by atoms with E-state index in [0.717, 1.165) is 61.1 Å². The topological polar surface area (TPSA) is 82.6 Å². The highest BCUT2D eigenvalue weighted by Crippen LogP contribution is 2.28. The summed E-state index contributed by atoms with van der Waals surface area (Å²) in [7, 11) is -3.46. The number of amides is 1. The molecular formula is C27H32N4O3S. The first kappa shape index (κ1) is 23.8. The van der Waals surface area contributed by atoms with E-state index in [2.05, 4.69) is 17.1 Å². The van der Waals surface area contributed by atoms with Crippen molar-refractivity contribution in [1.29, 1.82) is 0 Å². The van der Waals surface area contributed by atoms with Gasteiger partial charge in [0.15, 0.2) is 0 Å². The molecule has 1 aromatic heterocycles. The summed E-state index contributed by atoms with van der Waals surface area (Å²) in [6, 6.07) is 17.0. The highest BCUT2D eigenvalue weighted by molar-refractivity contribution is 7.89. The van der Waals surface area contributed by atoms with Crippen LogP contribution in [-0.4, -0.2) is 49.8 Å². The Hall–Kier alpha value is -2.97. The Morgan fingerprint density at radius 2 is 1.77 bits per heavy atom. The number of fused-ring (bicyclic) bond motifs is 1. The first-order chi connectivity index (χ1) is 16.9. The number of nitrogens with zero attached hydrogens (tertiary/aromatic N) is 3. The van der Waals surface area contributed by atoms with Gasteiger partial charge in [-0.15, -0.1) is 0 Å². The molecular weight excluding hydrogens is 460 g/mol.